The Labute approximate surface area is 81.8 Å². The molecule has 0 fully saturated rings. The van der Waals surface area contributed by atoms with E-state index in [1.54, 1.807) is 6.92 Å². The number of rotatable bonds is 2. The fourth-order valence-corrected chi connectivity index (χ4v) is 1.12. The molecular weight excluding hydrogens is 180 g/mol. The van der Waals surface area contributed by atoms with Gasteiger partial charge in [0, 0.05) is 5.56 Å². The monoisotopic (exact) mass is 190 g/mol. The number of nitriles is 1. The predicted molar refractivity (Wildman–Crippen MR) is 50.8 cm³/mol. The summed E-state index contributed by atoms with van der Waals surface area (Å²) in [5, 5.41) is 19.8. The van der Waals surface area contributed by atoms with Gasteiger partial charge in [0.05, 0.1) is 6.07 Å². The molecule has 0 bridgehead atoms. The largest absolute Gasteiger partial charge is 0.508 e. The van der Waals surface area contributed by atoms with E-state index in [-0.39, 0.29) is 18.2 Å². The number of phenols is 1. The lowest BCUT2D eigenvalue weighted by molar-refractivity contribution is 0.0958. The zero-order chi connectivity index (χ0) is 10.6. The Balaban J connectivity index is 2.86. The van der Waals surface area contributed by atoms with Gasteiger partial charge in [0.15, 0.2) is 0 Å². The van der Waals surface area contributed by atoms with Crippen LogP contribution in [0.25, 0.3) is 0 Å². The molecule has 2 N–H and O–H groups in total. The zero-order valence-corrected chi connectivity index (χ0v) is 7.74. The van der Waals surface area contributed by atoms with Crippen LogP contribution in [0.3, 0.4) is 0 Å². The van der Waals surface area contributed by atoms with Crippen molar-refractivity contribution in [3.63, 3.8) is 0 Å². The third-order valence-corrected chi connectivity index (χ3v) is 1.78. The quantitative estimate of drug-likeness (QED) is 0.682. The van der Waals surface area contributed by atoms with E-state index in [2.05, 4.69) is 5.32 Å². The first-order chi connectivity index (χ1) is 6.65. The molecule has 1 aromatic carbocycles. The van der Waals surface area contributed by atoms with Gasteiger partial charge in [0.1, 0.15) is 12.3 Å². The number of benzene rings is 1. The average molecular weight is 190 g/mol. The van der Waals surface area contributed by atoms with Crippen LogP contribution in [-0.4, -0.2) is 17.6 Å². The Hall–Kier alpha value is -2.02. The van der Waals surface area contributed by atoms with Gasteiger partial charge in [0.2, 0.25) is 0 Å². The fourth-order valence-electron chi connectivity index (χ4n) is 1.12. The number of nitrogens with one attached hydrogen (secondary N) is 1. The van der Waals surface area contributed by atoms with Crippen LogP contribution in [0.5, 0.6) is 5.75 Å². The number of phenolic OH excluding ortho intramolecular Hbond substituents is 1. The van der Waals surface area contributed by atoms with Gasteiger partial charge in [-0.3, -0.25) is 4.79 Å². The van der Waals surface area contributed by atoms with Crippen LogP contribution in [-0.2, 0) is 0 Å². The molecule has 0 aliphatic rings. The Morgan fingerprint density at radius 3 is 2.93 bits per heavy atom. The second kappa shape index (κ2) is 4.28. The average Bonchev–Trinajstić information content (AvgIpc) is 2.14. The smallest absolute Gasteiger partial charge is 0.252 e. The van der Waals surface area contributed by atoms with Crippen LogP contribution in [0.4, 0.5) is 0 Å². The molecule has 0 heterocycles. The maximum atomic E-state index is 11.4. The molecule has 4 heteroatoms. The molecule has 0 saturated carbocycles. The van der Waals surface area contributed by atoms with Crippen LogP contribution in [0, 0.1) is 18.3 Å². The number of aromatic hydroxyl groups is 1. The van der Waals surface area contributed by atoms with Crippen molar-refractivity contribution in [1.82, 2.24) is 5.32 Å². The number of hydrogen-bond donors (Lipinski definition) is 2. The second-order valence-electron chi connectivity index (χ2n) is 2.84. The summed E-state index contributed by atoms with van der Waals surface area (Å²) in [5.74, 6) is -0.177. The summed E-state index contributed by atoms with van der Waals surface area (Å²) in [4.78, 5) is 11.4. The number of nitrogens with zero attached hydrogens (tertiary/aromatic N) is 1. The van der Waals surface area contributed by atoms with E-state index in [1.807, 2.05) is 6.07 Å². The fraction of sp³-hybridized carbons (Fsp3) is 0.200. The van der Waals surface area contributed by atoms with E-state index in [4.69, 9.17) is 10.4 Å². The maximum Gasteiger partial charge on any atom is 0.252 e. The summed E-state index contributed by atoms with van der Waals surface area (Å²) in [6.07, 6.45) is 0. The van der Waals surface area contributed by atoms with E-state index >= 15 is 0 Å². The van der Waals surface area contributed by atoms with Crippen LogP contribution in [0.2, 0.25) is 0 Å². The van der Waals surface area contributed by atoms with E-state index in [1.165, 1.54) is 18.2 Å². The normalized spacial score (nSPS) is 9.14. The van der Waals surface area contributed by atoms with Gasteiger partial charge in [-0.2, -0.15) is 5.26 Å². The van der Waals surface area contributed by atoms with Gasteiger partial charge in [-0.1, -0.05) is 0 Å². The first kappa shape index (κ1) is 10.1. The molecular formula is C10H10N2O2. The Bertz CT molecular complexity index is 394. The molecule has 0 spiro atoms. The van der Waals surface area contributed by atoms with Gasteiger partial charge in [0.25, 0.3) is 5.91 Å². The highest BCUT2D eigenvalue weighted by Gasteiger charge is 2.07. The predicted octanol–water partition coefficient (Wildman–Crippen LogP) is 0.954. The highest BCUT2D eigenvalue weighted by Crippen LogP contribution is 2.15. The topological polar surface area (TPSA) is 73.1 Å². The minimum Gasteiger partial charge on any atom is -0.508 e. The highest BCUT2D eigenvalue weighted by atomic mass is 16.3. The third-order valence-electron chi connectivity index (χ3n) is 1.78. The van der Waals surface area contributed by atoms with Gasteiger partial charge < -0.3 is 10.4 Å². The summed E-state index contributed by atoms with van der Waals surface area (Å²) < 4.78 is 0. The minimum absolute atomic E-state index is 0.0147. The highest BCUT2D eigenvalue weighted by molar-refractivity contribution is 5.95. The van der Waals surface area contributed by atoms with Crippen LogP contribution in [0.15, 0.2) is 18.2 Å². The summed E-state index contributed by atoms with van der Waals surface area (Å²) >= 11 is 0. The first-order valence-electron chi connectivity index (χ1n) is 4.10. The Kier molecular flexibility index (Phi) is 3.08. The molecule has 1 aromatic rings. The van der Waals surface area contributed by atoms with E-state index in [0.717, 1.165) is 0 Å². The van der Waals surface area contributed by atoms with Crippen molar-refractivity contribution in [3.05, 3.63) is 29.3 Å². The Morgan fingerprint density at radius 2 is 2.36 bits per heavy atom. The van der Waals surface area contributed by atoms with Gasteiger partial charge in [-0.25, -0.2) is 0 Å². The molecule has 0 aliphatic carbocycles. The van der Waals surface area contributed by atoms with E-state index in [9.17, 15) is 4.79 Å². The van der Waals surface area contributed by atoms with Gasteiger partial charge in [-0.15, -0.1) is 0 Å². The minimum atomic E-state index is -0.302. The molecule has 0 saturated heterocycles. The molecule has 1 amide bonds. The molecule has 0 unspecified atom stereocenters. The third kappa shape index (κ3) is 2.23. The summed E-state index contributed by atoms with van der Waals surface area (Å²) in [5.41, 5.74) is 1.15. The van der Waals surface area contributed by atoms with Crippen molar-refractivity contribution in [2.75, 3.05) is 6.54 Å². The molecule has 0 aromatic heterocycles. The first-order valence-corrected chi connectivity index (χ1v) is 4.10. The SMILES string of the molecule is Cc1cc(O)ccc1C(=O)NCC#N. The molecule has 72 valence electrons. The number of aryl methyl sites for hydroxylation is 1. The molecule has 0 radical (unpaired) electrons. The standard InChI is InChI=1S/C10H10N2O2/c1-7-6-8(13)2-3-9(7)10(14)12-5-4-11/h2-3,6,13H,5H2,1H3,(H,12,14). The Morgan fingerprint density at radius 1 is 1.64 bits per heavy atom. The molecule has 0 atom stereocenters. The van der Waals surface area contributed by atoms with Crippen molar-refractivity contribution in [1.29, 1.82) is 5.26 Å². The van der Waals surface area contributed by atoms with Crippen LogP contribution >= 0.6 is 0 Å². The lowest BCUT2D eigenvalue weighted by Gasteiger charge is -2.04. The lowest BCUT2D eigenvalue weighted by Crippen LogP contribution is -2.24. The van der Waals surface area contributed by atoms with Crippen molar-refractivity contribution in [2.24, 2.45) is 0 Å². The molecule has 0 aliphatic heterocycles. The summed E-state index contributed by atoms with van der Waals surface area (Å²) in [6, 6.07) is 6.28. The number of hydrogen-bond acceptors (Lipinski definition) is 3. The second-order valence-corrected chi connectivity index (χ2v) is 2.84. The zero-order valence-electron chi connectivity index (χ0n) is 7.74. The van der Waals surface area contributed by atoms with Crippen molar-refractivity contribution in [2.45, 2.75) is 6.92 Å². The summed E-state index contributed by atoms with van der Waals surface area (Å²) in [6.45, 7) is 1.71. The number of amides is 1. The molecule has 4 nitrogen and oxygen atoms in total. The molecule has 1 rings (SSSR count). The molecule has 14 heavy (non-hydrogen) atoms. The summed E-state index contributed by atoms with van der Waals surface area (Å²) in [7, 11) is 0. The van der Waals surface area contributed by atoms with Crippen molar-refractivity contribution >= 4 is 5.91 Å². The van der Waals surface area contributed by atoms with Crippen molar-refractivity contribution in [3.8, 4) is 11.8 Å². The van der Waals surface area contributed by atoms with Crippen molar-refractivity contribution < 1.29 is 9.90 Å². The lowest BCUT2D eigenvalue weighted by atomic mass is 10.1. The van der Waals surface area contributed by atoms with Crippen LogP contribution in [0.1, 0.15) is 15.9 Å². The van der Waals surface area contributed by atoms with Crippen LogP contribution < -0.4 is 5.32 Å². The van der Waals surface area contributed by atoms with Gasteiger partial charge in [-0.05, 0) is 30.7 Å². The van der Waals surface area contributed by atoms with Gasteiger partial charge >= 0.3 is 0 Å². The maximum absolute atomic E-state index is 11.4. The number of carbonyl (C=O) groups excluding carboxylic acids is 1. The number of carbonyl (C=O) groups is 1. The van der Waals surface area contributed by atoms with E-state index < -0.39 is 0 Å². The van der Waals surface area contributed by atoms with E-state index in [0.29, 0.717) is 11.1 Å².